The zero-order valence-corrected chi connectivity index (χ0v) is 11.9. The molecule has 0 bridgehead atoms. The van der Waals surface area contributed by atoms with E-state index in [1.165, 1.54) is 23.5 Å². The minimum atomic E-state index is -3.67. The van der Waals surface area contributed by atoms with Crippen LogP contribution in [0, 0.1) is 0 Å². The highest BCUT2D eigenvalue weighted by molar-refractivity contribution is 7.89. The first-order chi connectivity index (χ1) is 8.84. The topological polar surface area (TPSA) is 83.9 Å². The average Bonchev–Trinajstić information content (AvgIpc) is 2.38. The number of benzene rings is 1. The molecule has 1 rings (SSSR count). The second-order valence-corrected chi connectivity index (χ2v) is 6.04. The summed E-state index contributed by atoms with van der Waals surface area (Å²) in [6, 6.07) is 3.53. The van der Waals surface area contributed by atoms with E-state index in [1.807, 2.05) is 6.92 Å². The van der Waals surface area contributed by atoms with E-state index in [-0.39, 0.29) is 16.2 Å². The molecule has 0 unspecified atom stereocenters. The molecule has 0 aliphatic heterocycles. The molecule has 0 aliphatic carbocycles. The van der Waals surface area contributed by atoms with Gasteiger partial charge in [0.2, 0.25) is 10.0 Å². The molecule has 1 N–H and O–H groups in total. The van der Waals surface area contributed by atoms with Gasteiger partial charge < -0.3 is 9.84 Å². The third-order valence-corrected chi connectivity index (χ3v) is 4.47. The molecule has 0 amide bonds. The van der Waals surface area contributed by atoms with Crippen LogP contribution in [0.5, 0.6) is 5.75 Å². The van der Waals surface area contributed by atoms with Gasteiger partial charge >= 0.3 is 5.97 Å². The lowest BCUT2D eigenvalue weighted by Crippen LogP contribution is -2.27. The van der Waals surface area contributed by atoms with Crippen molar-refractivity contribution < 1.29 is 23.1 Å². The Morgan fingerprint density at radius 3 is 2.58 bits per heavy atom. The summed E-state index contributed by atoms with van der Waals surface area (Å²) in [6.45, 7) is 2.24. The molecule has 1 aromatic rings. The van der Waals surface area contributed by atoms with Crippen LogP contribution in [0.3, 0.4) is 0 Å². The van der Waals surface area contributed by atoms with Gasteiger partial charge in [-0.05, 0) is 24.6 Å². The Labute approximate surface area is 112 Å². The second-order valence-electron chi connectivity index (χ2n) is 4.00. The molecule has 0 aliphatic rings. The number of carbonyl (C=O) groups excluding carboxylic acids is 1. The number of hydrogen-bond donors (Lipinski definition) is 1. The van der Waals surface area contributed by atoms with Crippen molar-refractivity contribution in [2.75, 3.05) is 20.7 Å². The van der Waals surface area contributed by atoms with Gasteiger partial charge in [0.15, 0.2) is 0 Å². The Balaban J connectivity index is 3.26. The van der Waals surface area contributed by atoms with Gasteiger partial charge in [0, 0.05) is 13.6 Å². The number of nitrogens with zero attached hydrogens (tertiary/aromatic N) is 1. The fourth-order valence-corrected chi connectivity index (χ4v) is 2.85. The van der Waals surface area contributed by atoms with E-state index >= 15 is 0 Å². The number of carbonyl (C=O) groups is 1. The highest BCUT2D eigenvalue weighted by atomic mass is 32.2. The number of sulfonamides is 1. The Morgan fingerprint density at radius 1 is 1.42 bits per heavy atom. The lowest BCUT2D eigenvalue weighted by Gasteiger charge is -2.16. The summed E-state index contributed by atoms with van der Waals surface area (Å²) < 4.78 is 30.1. The zero-order chi connectivity index (χ0) is 14.6. The molecule has 7 heteroatoms. The monoisotopic (exact) mass is 287 g/mol. The van der Waals surface area contributed by atoms with Gasteiger partial charge in [0.1, 0.15) is 11.3 Å². The summed E-state index contributed by atoms with van der Waals surface area (Å²) in [5.41, 5.74) is -0.173. The quantitative estimate of drug-likeness (QED) is 0.823. The summed E-state index contributed by atoms with van der Waals surface area (Å²) in [5, 5.41) is 9.53. The van der Waals surface area contributed by atoms with E-state index in [9.17, 15) is 18.3 Å². The van der Waals surface area contributed by atoms with E-state index in [4.69, 9.17) is 0 Å². The van der Waals surface area contributed by atoms with E-state index in [0.29, 0.717) is 13.0 Å². The molecular formula is C12H17NO5S. The molecule has 1 aromatic carbocycles. The van der Waals surface area contributed by atoms with E-state index < -0.39 is 16.0 Å². The van der Waals surface area contributed by atoms with Crippen LogP contribution in [-0.4, -0.2) is 44.5 Å². The lowest BCUT2D eigenvalue weighted by atomic mass is 10.2. The summed E-state index contributed by atoms with van der Waals surface area (Å²) in [4.78, 5) is 11.4. The van der Waals surface area contributed by atoms with Crippen molar-refractivity contribution in [2.24, 2.45) is 0 Å². The number of phenolic OH excluding ortho intramolecular Hbond substituents is 1. The molecule has 0 saturated heterocycles. The first kappa shape index (κ1) is 15.5. The van der Waals surface area contributed by atoms with Crippen LogP contribution in [0.1, 0.15) is 23.7 Å². The van der Waals surface area contributed by atoms with Crippen molar-refractivity contribution in [1.82, 2.24) is 4.31 Å². The van der Waals surface area contributed by atoms with Gasteiger partial charge in [-0.15, -0.1) is 0 Å². The maximum absolute atomic E-state index is 12.2. The molecule has 0 aromatic heterocycles. The Bertz CT molecular complexity index is 567. The number of ether oxygens (including phenoxy) is 1. The fraction of sp³-hybridized carbons (Fsp3) is 0.417. The van der Waals surface area contributed by atoms with Crippen LogP contribution in [0.4, 0.5) is 0 Å². The minimum Gasteiger partial charge on any atom is -0.507 e. The first-order valence-corrected chi connectivity index (χ1v) is 7.16. The third kappa shape index (κ3) is 3.24. The molecule has 0 atom stereocenters. The summed E-state index contributed by atoms with van der Waals surface area (Å²) in [6.07, 6.45) is 0.678. The smallest absolute Gasteiger partial charge is 0.341 e. The molecule has 0 heterocycles. The van der Waals surface area contributed by atoms with Gasteiger partial charge in [-0.3, -0.25) is 0 Å². The highest BCUT2D eigenvalue weighted by Gasteiger charge is 2.23. The lowest BCUT2D eigenvalue weighted by molar-refractivity contribution is 0.0597. The maximum Gasteiger partial charge on any atom is 0.341 e. The van der Waals surface area contributed by atoms with E-state index in [1.54, 1.807) is 0 Å². The minimum absolute atomic E-state index is 0.0540. The standard InChI is InChI=1S/C12H17NO5S/c1-4-7-13(2)19(16,17)9-5-6-11(14)10(8-9)12(15)18-3/h5-6,8,14H,4,7H2,1-3H3. The largest absolute Gasteiger partial charge is 0.507 e. The Morgan fingerprint density at radius 2 is 2.05 bits per heavy atom. The normalized spacial score (nSPS) is 11.6. The van der Waals surface area contributed by atoms with E-state index in [2.05, 4.69) is 4.74 Å². The molecule has 0 saturated carbocycles. The summed E-state index contributed by atoms with van der Waals surface area (Å²) in [7, 11) is -1.05. The van der Waals surface area contributed by atoms with Gasteiger partial charge in [-0.2, -0.15) is 0 Å². The summed E-state index contributed by atoms with van der Waals surface area (Å²) in [5.74, 6) is -1.10. The number of esters is 1. The van der Waals surface area contributed by atoms with Crippen molar-refractivity contribution >= 4 is 16.0 Å². The first-order valence-electron chi connectivity index (χ1n) is 5.72. The maximum atomic E-state index is 12.2. The number of rotatable bonds is 5. The third-order valence-electron chi connectivity index (χ3n) is 2.62. The van der Waals surface area contributed by atoms with Crippen molar-refractivity contribution in [3.63, 3.8) is 0 Å². The van der Waals surface area contributed by atoms with Crippen LogP contribution in [-0.2, 0) is 14.8 Å². The van der Waals surface area contributed by atoms with Gasteiger partial charge in [-0.1, -0.05) is 6.92 Å². The van der Waals surface area contributed by atoms with Crippen molar-refractivity contribution in [3.8, 4) is 5.75 Å². The summed E-state index contributed by atoms with van der Waals surface area (Å²) >= 11 is 0. The van der Waals surface area contributed by atoms with Crippen molar-refractivity contribution in [2.45, 2.75) is 18.2 Å². The molecule has 6 nitrogen and oxygen atoms in total. The molecule has 106 valence electrons. The highest BCUT2D eigenvalue weighted by Crippen LogP contribution is 2.23. The van der Waals surface area contributed by atoms with Gasteiger partial charge in [0.25, 0.3) is 0 Å². The molecule has 0 spiro atoms. The number of hydrogen-bond acceptors (Lipinski definition) is 5. The van der Waals surface area contributed by atoms with Crippen LogP contribution < -0.4 is 0 Å². The van der Waals surface area contributed by atoms with Gasteiger partial charge in [-0.25, -0.2) is 17.5 Å². The molecule has 0 fully saturated rings. The number of methoxy groups -OCH3 is 1. The second kappa shape index (κ2) is 6.03. The number of aromatic hydroxyl groups is 1. The van der Waals surface area contributed by atoms with Crippen LogP contribution >= 0.6 is 0 Å². The molecular weight excluding hydrogens is 270 g/mol. The molecule has 0 radical (unpaired) electrons. The zero-order valence-electron chi connectivity index (χ0n) is 11.1. The molecule has 19 heavy (non-hydrogen) atoms. The van der Waals surface area contributed by atoms with E-state index in [0.717, 1.165) is 13.2 Å². The number of phenols is 1. The Kier molecular flexibility index (Phi) is 4.90. The van der Waals surface area contributed by atoms with Crippen LogP contribution in [0.2, 0.25) is 0 Å². The predicted octanol–water partition coefficient (Wildman–Crippen LogP) is 1.21. The fourth-order valence-electron chi connectivity index (χ4n) is 1.56. The SMILES string of the molecule is CCCN(C)S(=O)(=O)c1ccc(O)c(C(=O)OC)c1. The van der Waals surface area contributed by atoms with Crippen molar-refractivity contribution in [3.05, 3.63) is 23.8 Å². The predicted molar refractivity (Wildman–Crippen MR) is 69.6 cm³/mol. The average molecular weight is 287 g/mol. The van der Waals surface area contributed by atoms with Gasteiger partial charge in [0.05, 0.1) is 12.0 Å². The Hall–Kier alpha value is -1.60. The van der Waals surface area contributed by atoms with Crippen molar-refractivity contribution in [1.29, 1.82) is 0 Å². The van der Waals surface area contributed by atoms with Crippen LogP contribution in [0.15, 0.2) is 23.1 Å². The van der Waals surface area contributed by atoms with Crippen LogP contribution in [0.25, 0.3) is 0 Å².